The molecule has 112 valence electrons. The monoisotopic (exact) mass is 286 g/mol. The van der Waals surface area contributed by atoms with E-state index in [1.807, 2.05) is 6.92 Å². The summed E-state index contributed by atoms with van der Waals surface area (Å²) in [5.74, 6) is 0.575. The molecule has 1 aromatic rings. The van der Waals surface area contributed by atoms with Crippen LogP contribution in [0.15, 0.2) is 12.1 Å². The van der Waals surface area contributed by atoms with Crippen LogP contribution in [0.25, 0.3) is 0 Å². The molecule has 0 aromatic heterocycles. The molecule has 3 nitrogen and oxygen atoms in total. The molecule has 1 saturated carbocycles. The Kier molecular flexibility index (Phi) is 2.82. The van der Waals surface area contributed by atoms with E-state index < -0.39 is 6.10 Å². The quantitative estimate of drug-likeness (QED) is 0.770. The summed E-state index contributed by atoms with van der Waals surface area (Å²) in [6.07, 6.45) is 3.63. The van der Waals surface area contributed by atoms with E-state index >= 15 is 0 Å². The molecule has 2 N–H and O–H groups in total. The largest absolute Gasteiger partial charge is 0.393 e. The van der Waals surface area contributed by atoms with Crippen LogP contribution in [0.3, 0.4) is 0 Å². The van der Waals surface area contributed by atoms with Crippen molar-refractivity contribution >= 4 is 5.78 Å². The van der Waals surface area contributed by atoms with Crippen molar-refractivity contribution in [1.82, 2.24) is 0 Å². The summed E-state index contributed by atoms with van der Waals surface area (Å²) in [4.78, 5) is 12.3. The molecule has 0 heterocycles. The second-order valence-electron chi connectivity index (χ2n) is 7.25. The van der Waals surface area contributed by atoms with Gasteiger partial charge in [0.15, 0.2) is 0 Å². The lowest BCUT2D eigenvalue weighted by molar-refractivity contribution is -0.127. The number of benzene rings is 1. The fourth-order valence-corrected chi connectivity index (χ4v) is 4.91. The normalized spacial score (nSPS) is 37.9. The number of carbonyl (C=O) groups excluding carboxylic acids is 1. The molecule has 4 rings (SSSR count). The molecule has 21 heavy (non-hydrogen) atoms. The topological polar surface area (TPSA) is 57.5 Å². The molecule has 3 aliphatic carbocycles. The number of Topliss-reactive ketones (excluding diaryl/α,β-unsaturated/α-hetero) is 1. The van der Waals surface area contributed by atoms with Crippen molar-refractivity contribution in [2.45, 2.75) is 63.6 Å². The summed E-state index contributed by atoms with van der Waals surface area (Å²) in [5, 5.41) is 20.5. The average molecular weight is 286 g/mol. The second kappa shape index (κ2) is 4.40. The minimum absolute atomic E-state index is 0.255. The van der Waals surface area contributed by atoms with Crippen LogP contribution in [-0.4, -0.2) is 22.1 Å². The SMILES string of the molecule is CC12CC(O)c3c(ccc4c3CCC(O)C4)C1CCC2=O. The fraction of sp³-hybridized carbons (Fsp3) is 0.611. The minimum atomic E-state index is -0.534. The Morgan fingerprint density at radius 1 is 1.19 bits per heavy atom. The molecule has 1 aromatic carbocycles. The van der Waals surface area contributed by atoms with Gasteiger partial charge in [0, 0.05) is 11.8 Å². The summed E-state index contributed by atoms with van der Waals surface area (Å²) >= 11 is 0. The molecule has 0 bridgehead atoms. The number of ketones is 1. The van der Waals surface area contributed by atoms with Crippen LogP contribution in [0.4, 0.5) is 0 Å². The van der Waals surface area contributed by atoms with Crippen molar-refractivity contribution < 1.29 is 15.0 Å². The summed E-state index contributed by atoms with van der Waals surface area (Å²) in [6, 6.07) is 4.22. The Bertz CT molecular complexity index is 621. The number of rotatable bonds is 0. The van der Waals surface area contributed by atoms with Gasteiger partial charge in [-0.2, -0.15) is 0 Å². The maximum absolute atomic E-state index is 12.3. The third kappa shape index (κ3) is 1.77. The molecule has 4 atom stereocenters. The van der Waals surface area contributed by atoms with Crippen LogP contribution in [0.1, 0.15) is 66.9 Å². The lowest BCUT2D eigenvalue weighted by Gasteiger charge is -2.41. The van der Waals surface area contributed by atoms with Gasteiger partial charge in [0.25, 0.3) is 0 Å². The number of fused-ring (bicyclic) bond motifs is 5. The highest BCUT2D eigenvalue weighted by Gasteiger charge is 2.52. The van der Waals surface area contributed by atoms with Crippen LogP contribution in [0.2, 0.25) is 0 Å². The van der Waals surface area contributed by atoms with E-state index in [0.717, 1.165) is 24.8 Å². The predicted molar refractivity (Wildman–Crippen MR) is 79.1 cm³/mol. The van der Waals surface area contributed by atoms with Crippen LogP contribution in [0.5, 0.6) is 0 Å². The lowest BCUT2D eigenvalue weighted by Crippen LogP contribution is -2.36. The Hall–Kier alpha value is -1.19. The van der Waals surface area contributed by atoms with Gasteiger partial charge in [-0.05, 0) is 60.3 Å². The first-order valence-electron chi connectivity index (χ1n) is 8.04. The molecule has 0 spiro atoms. The minimum Gasteiger partial charge on any atom is -0.393 e. The van der Waals surface area contributed by atoms with Gasteiger partial charge in [0.05, 0.1) is 12.2 Å². The summed E-state index contributed by atoms with van der Waals surface area (Å²) in [7, 11) is 0. The highest BCUT2D eigenvalue weighted by atomic mass is 16.3. The molecule has 4 unspecified atom stereocenters. The summed E-state index contributed by atoms with van der Waals surface area (Å²) < 4.78 is 0. The molecule has 3 heteroatoms. The van der Waals surface area contributed by atoms with Gasteiger partial charge < -0.3 is 10.2 Å². The van der Waals surface area contributed by atoms with Crippen molar-refractivity contribution in [3.8, 4) is 0 Å². The van der Waals surface area contributed by atoms with E-state index in [-0.39, 0.29) is 17.4 Å². The standard InChI is InChI=1S/C18H22O3/c1-18-9-15(20)17-12-5-3-11(19)8-10(12)2-4-13(17)14(18)6-7-16(18)21/h2,4,11,14-15,19-20H,3,5-9H2,1H3. The van der Waals surface area contributed by atoms with E-state index in [4.69, 9.17) is 0 Å². The average Bonchev–Trinajstić information content (AvgIpc) is 2.74. The lowest BCUT2D eigenvalue weighted by atomic mass is 9.63. The molecule has 0 radical (unpaired) electrons. The van der Waals surface area contributed by atoms with Crippen LogP contribution in [-0.2, 0) is 17.6 Å². The van der Waals surface area contributed by atoms with E-state index in [9.17, 15) is 15.0 Å². The van der Waals surface area contributed by atoms with Crippen molar-refractivity contribution in [2.75, 3.05) is 0 Å². The zero-order valence-corrected chi connectivity index (χ0v) is 12.4. The maximum atomic E-state index is 12.3. The Morgan fingerprint density at radius 2 is 2.00 bits per heavy atom. The molecule has 0 aliphatic heterocycles. The van der Waals surface area contributed by atoms with E-state index in [1.54, 1.807) is 0 Å². The smallest absolute Gasteiger partial charge is 0.139 e. The number of carbonyl (C=O) groups is 1. The van der Waals surface area contributed by atoms with E-state index in [0.29, 0.717) is 25.0 Å². The number of hydrogen-bond donors (Lipinski definition) is 2. The van der Waals surface area contributed by atoms with E-state index in [1.165, 1.54) is 16.7 Å². The molecular weight excluding hydrogens is 264 g/mol. The van der Waals surface area contributed by atoms with Gasteiger partial charge >= 0.3 is 0 Å². The van der Waals surface area contributed by atoms with Crippen LogP contribution >= 0.6 is 0 Å². The maximum Gasteiger partial charge on any atom is 0.139 e. The van der Waals surface area contributed by atoms with Gasteiger partial charge in [-0.15, -0.1) is 0 Å². The van der Waals surface area contributed by atoms with Gasteiger partial charge in [-0.25, -0.2) is 0 Å². The van der Waals surface area contributed by atoms with Gasteiger partial charge in [0.1, 0.15) is 5.78 Å². The van der Waals surface area contributed by atoms with Crippen molar-refractivity contribution in [3.63, 3.8) is 0 Å². The van der Waals surface area contributed by atoms with E-state index in [2.05, 4.69) is 12.1 Å². The zero-order valence-electron chi connectivity index (χ0n) is 12.4. The first kappa shape index (κ1) is 13.5. The number of aliphatic hydroxyl groups is 2. The number of aliphatic hydroxyl groups excluding tert-OH is 2. The van der Waals surface area contributed by atoms with Crippen LogP contribution < -0.4 is 0 Å². The fourth-order valence-electron chi connectivity index (χ4n) is 4.91. The van der Waals surface area contributed by atoms with Crippen molar-refractivity contribution in [2.24, 2.45) is 5.41 Å². The number of hydrogen-bond acceptors (Lipinski definition) is 3. The third-order valence-corrected chi connectivity index (χ3v) is 6.06. The molecule has 3 aliphatic rings. The van der Waals surface area contributed by atoms with Gasteiger partial charge in [-0.1, -0.05) is 19.1 Å². The zero-order chi connectivity index (χ0) is 14.8. The van der Waals surface area contributed by atoms with Gasteiger partial charge in [-0.3, -0.25) is 4.79 Å². The summed E-state index contributed by atoms with van der Waals surface area (Å²) in [5.41, 5.74) is 4.31. The summed E-state index contributed by atoms with van der Waals surface area (Å²) in [6.45, 7) is 2.03. The Balaban J connectivity index is 1.87. The first-order chi connectivity index (χ1) is 10.0. The molecular formula is C18H22O3. The van der Waals surface area contributed by atoms with Crippen molar-refractivity contribution in [3.05, 3.63) is 34.4 Å². The van der Waals surface area contributed by atoms with Crippen LogP contribution in [0, 0.1) is 5.41 Å². The predicted octanol–water partition coefficient (Wildman–Crippen LogP) is 2.43. The third-order valence-electron chi connectivity index (χ3n) is 6.06. The highest BCUT2D eigenvalue weighted by molar-refractivity contribution is 5.88. The Labute approximate surface area is 125 Å². The molecule has 0 amide bonds. The molecule has 0 saturated heterocycles. The molecule has 1 fully saturated rings. The Morgan fingerprint density at radius 3 is 2.81 bits per heavy atom. The van der Waals surface area contributed by atoms with Crippen molar-refractivity contribution in [1.29, 1.82) is 0 Å². The second-order valence-corrected chi connectivity index (χ2v) is 7.25. The first-order valence-corrected chi connectivity index (χ1v) is 8.04. The van der Waals surface area contributed by atoms with Gasteiger partial charge in [0.2, 0.25) is 0 Å². The highest BCUT2D eigenvalue weighted by Crippen LogP contribution is 2.57.